The maximum Gasteiger partial charge on any atom is 0.146 e. The summed E-state index contributed by atoms with van der Waals surface area (Å²) >= 11 is 0. The Labute approximate surface area is 151 Å². The molecule has 3 aromatic rings. The van der Waals surface area contributed by atoms with E-state index in [4.69, 9.17) is 9.47 Å². The van der Waals surface area contributed by atoms with Crippen LogP contribution in [-0.2, 0) is 6.54 Å². The van der Waals surface area contributed by atoms with E-state index in [-0.39, 0.29) is 5.82 Å². The topological polar surface area (TPSA) is 68.3 Å². The van der Waals surface area contributed by atoms with E-state index in [2.05, 4.69) is 20.6 Å². The van der Waals surface area contributed by atoms with Crippen molar-refractivity contribution >= 4 is 17.3 Å². The lowest BCUT2D eigenvalue weighted by Gasteiger charge is -2.13. The minimum absolute atomic E-state index is 0.254. The van der Waals surface area contributed by atoms with Crippen molar-refractivity contribution < 1.29 is 13.9 Å². The maximum atomic E-state index is 13.7. The van der Waals surface area contributed by atoms with Crippen molar-refractivity contribution in [2.24, 2.45) is 0 Å². The molecule has 1 heterocycles. The average Bonchev–Trinajstić information content (AvgIpc) is 2.68. The van der Waals surface area contributed by atoms with Crippen molar-refractivity contribution in [2.45, 2.75) is 6.54 Å². The Morgan fingerprint density at radius 2 is 1.77 bits per heavy atom. The van der Waals surface area contributed by atoms with Crippen LogP contribution in [-0.4, -0.2) is 24.2 Å². The third kappa shape index (κ3) is 4.18. The highest BCUT2D eigenvalue weighted by molar-refractivity contribution is 5.66. The van der Waals surface area contributed by atoms with Crippen LogP contribution in [0.2, 0.25) is 0 Å². The Morgan fingerprint density at radius 1 is 0.962 bits per heavy atom. The highest BCUT2D eigenvalue weighted by atomic mass is 19.1. The molecular weight excluding hydrogens is 335 g/mol. The van der Waals surface area contributed by atoms with Crippen molar-refractivity contribution in [3.63, 3.8) is 0 Å². The van der Waals surface area contributed by atoms with E-state index in [0.717, 1.165) is 5.69 Å². The Bertz CT molecular complexity index is 889. The van der Waals surface area contributed by atoms with Gasteiger partial charge in [-0.3, -0.25) is 0 Å². The zero-order chi connectivity index (χ0) is 18.4. The van der Waals surface area contributed by atoms with E-state index in [1.807, 2.05) is 12.1 Å². The van der Waals surface area contributed by atoms with Crippen LogP contribution in [0, 0.1) is 5.82 Å². The second-order valence-electron chi connectivity index (χ2n) is 5.42. The van der Waals surface area contributed by atoms with Gasteiger partial charge in [0.1, 0.15) is 35.3 Å². The van der Waals surface area contributed by atoms with Crippen molar-refractivity contribution in [1.29, 1.82) is 0 Å². The molecule has 1 aromatic heterocycles. The first-order valence-corrected chi connectivity index (χ1v) is 7.98. The van der Waals surface area contributed by atoms with Gasteiger partial charge in [-0.25, -0.2) is 14.4 Å². The zero-order valence-corrected chi connectivity index (χ0v) is 14.5. The second-order valence-corrected chi connectivity index (χ2v) is 5.42. The summed E-state index contributed by atoms with van der Waals surface area (Å²) in [6.07, 6.45) is 1.43. The summed E-state index contributed by atoms with van der Waals surface area (Å²) in [5.74, 6) is 2.24. The van der Waals surface area contributed by atoms with Crippen molar-refractivity contribution in [3.05, 3.63) is 66.2 Å². The lowest BCUT2D eigenvalue weighted by Crippen LogP contribution is -2.05. The predicted octanol–water partition coefficient (Wildman–Crippen LogP) is 3.99. The molecule has 0 aliphatic rings. The first-order chi connectivity index (χ1) is 12.7. The summed E-state index contributed by atoms with van der Waals surface area (Å²) < 4.78 is 24.3. The van der Waals surface area contributed by atoms with Crippen LogP contribution >= 0.6 is 0 Å². The van der Waals surface area contributed by atoms with Gasteiger partial charge in [-0.15, -0.1) is 0 Å². The highest BCUT2D eigenvalue weighted by Gasteiger charge is 2.07. The maximum absolute atomic E-state index is 13.7. The summed E-state index contributed by atoms with van der Waals surface area (Å²) in [6, 6.07) is 13.8. The largest absolute Gasteiger partial charge is 0.497 e. The molecular formula is C19H19FN4O2. The standard InChI is InChI=1S/C19H19FN4O2/c1-25-14-7-8-16(17(9-14)26-2)24-19-10-18(22-12-23-19)21-11-13-5-3-4-6-15(13)20/h3-10,12H,11H2,1-2H3,(H2,21,22,23,24). The van der Waals surface area contributed by atoms with Crippen molar-refractivity contribution in [1.82, 2.24) is 9.97 Å². The van der Waals surface area contributed by atoms with Gasteiger partial charge in [-0.2, -0.15) is 0 Å². The average molecular weight is 354 g/mol. The first-order valence-electron chi connectivity index (χ1n) is 7.98. The summed E-state index contributed by atoms with van der Waals surface area (Å²) in [4.78, 5) is 8.36. The van der Waals surface area contributed by atoms with E-state index in [1.54, 1.807) is 44.6 Å². The molecule has 3 rings (SSSR count). The van der Waals surface area contributed by atoms with Crippen LogP contribution < -0.4 is 20.1 Å². The molecule has 0 saturated heterocycles. The monoisotopic (exact) mass is 354 g/mol. The summed E-state index contributed by atoms with van der Waals surface area (Å²) in [6.45, 7) is 0.328. The number of ether oxygens (including phenoxy) is 2. The summed E-state index contributed by atoms with van der Waals surface area (Å²) in [7, 11) is 3.18. The van der Waals surface area contributed by atoms with Gasteiger partial charge in [-0.05, 0) is 18.2 Å². The molecule has 0 aliphatic carbocycles. The summed E-state index contributed by atoms with van der Waals surface area (Å²) in [5, 5.41) is 6.27. The van der Waals surface area contributed by atoms with Crippen molar-refractivity contribution in [2.75, 3.05) is 24.9 Å². The SMILES string of the molecule is COc1ccc(Nc2cc(NCc3ccccc3F)ncn2)c(OC)c1. The zero-order valence-electron chi connectivity index (χ0n) is 14.5. The molecule has 0 amide bonds. The van der Waals surface area contributed by atoms with Gasteiger partial charge in [-0.1, -0.05) is 18.2 Å². The molecule has 0 radical (unpaired) electrons. The van der Waals surface area contributed by atoms with E-state index in [1.165, 1.54) is 12.4 Å². The number of halogens is 1. The summed E-state index contributed by atoms with van der Waals surface area (Å²) in [5.41, 5.74) is 1.31. The molecule has 134 valence electrons. The molecule has 6 nitrogen and oxygen atoms in total. The lowest BCUT2D eigenvalue weighted by atomic mass is 10.2. The fourth-order valence-corrected chi connectivity index (χ4v) is 2.39. The van der Waals surface area contributed by atoms with Gasteiger partial charge >= 0.3 is 0 Å². The van der Waals surface area contributed by atoms with E-state index < -0.39 is 0 Å². The quantitative estimate of drug-likeness (QED) is 0.669. The van der Waals surface area contributed by atoms with Gasteiger partial charge in [0.25, 0.3) is 0 Å². The number of nitrogens with one attached hydrogen (secondary N) is 2. The van der Waals surface area contributed by atoms with Crippen LogP contribution in [0.1, 0.15) is 5.56 Å². The number of methoxy groups -OCH3 is 2. The number of nitrogens with zero attached hydrogens (tertiary/aromatic N) is 2. The highest BCUT2D eigenvalue weighted by Crippen LogP contribution is 2.31. The van der Waals surface area contributed by atoms with Crippen molar-refractivity contribution in [3.8, 4) is 11.5 Å². The van der Waals surface area contributed by atoms with E-state index in [9.17, 15) is 4.39 Å². The molecule has 7 heteroatoms. The fraction of sp³-hybridized carbons (Fsp3) is 0.158. The molecule has 2 N–H and O–H groups in total. The molecule has 2 aromatic carbocycles. The number of hydrogen-bond acceptors (Lipinski definition) is 6. The Kier molecular flexibility index (Phi) is 5.48. The molecule has 0 aliphatic heterocycles. The molecule has 0 atom stereocenters. The smallest absolute Gasteiger partial charge is 0.146 e. The molecule has 0 unspecified atom stereocenters. The lowest BCUT2D eigenvalue weighted by molar-refractivity contribution is 0.395. The first kappa shape index (κ1) is 17.5. The van der Waals surface area contributed by atoms with Crippen LogP contribution in [0.5, 0.6) is 11.5 Å². The van der Waals surface area contributed by atoms with Gasteiger partial charge in [0.2, 0.25) is 0 Å². The number of rotatable bonds is 7. The minimum Gasteiger partial charge on any atom is -0.497 e. The third-order valence-electron chi connectivity index (χ3n) is 3.76. The molecule has 0 fully saturated rings. The molecule has 0 saturated carbocycles. The Balaban J connectivity index is 1.72. The normalized spacial score (nSPS) is 10.3. The van der Waals surface area contributed by atoms with Gasteiger partial charge in [0.05, 0.1) is 19.9 Å². The van der Waals surface area contributed by atoms with Gasteiger partial charge in [0, 0.05) is 24.2 Å². The number of benzene rings is 2. The minimum atomic E-state index is -0.254. The molecule has 0 spiro atoms. The van der Waals surface area contributed by atoms with Crippen LogP contribution in [0.25, 0.3) is 0 Å². The Morgan fingerprint density at radius 3 is 2.54 bits per heavy atom. The van der Waals surface area contributed by atoms with Gasteiger partial charge in [0.15, 0.2) is 0 Å². The van der Waals surface area contributed by atoms with Crippen LogP contribution in [0.15, 0.2) is 54.9 Å². The predicted molar refractivity (Wildman–Crippen MR) is 98.6 cm³/mol. The molecule has 0 bridgehead atoms. The fourth-order valence-electron chi connectivity index (χ4n) is 2.39. The molecule has 26 heavy (non-hydrogen) atoms. The van der Waals surface area contributed by atoms with Crippen LogP contribution in [0.4, 0.5) is 21.7 Å². The van der Waals surface area contributed by atoms with Gasteiger partial charge < -0.3 is 20.1 Å². The Hall–Kier alpha value is -3.35. The van der Waals surface area contributed by atoms with E-state index >= 15 is 0 Å². The van der Waals surface area contributed by atoms with Crippen LogP contribution in [0.3, 0.4) is 0 Å². The third-order valence-corrected chi connectivity index (χ3v) is 3.76. The van der Waals surface area contributed by atoms with E-state index in [0.29, 0.717) is 35.2 Å². The second kappa shape index (κ2) is 8.15. The number of hydrogen-bond donors (Lipinski definition) is 2. The number of aromatic nitrogens is 2. The number of anilines is 3.